The summed E-state index contributed by atoms with van der Waals surface area (Å²) in [7, 11) is 0. The fourth-order valence-electron chi connectivity index (χ4n) is 4.21. The summed E-state index contributed by atoms with van der Waals surface area (Å²) in [5.74, 6) is -0.294. The van der Waals surface area contributed by atoms with Gasteiger partial charge >= 0.3 is 0 Å². The Hall–Kier alpha value is -2.54. The van der Waals surface area contributed by atoms with Crippen molar-refractivity contribution in [2.24, 2.45) is 0 Å². The molecule has 2 heterocycles. The normalized spacial score (nSPS) is 15.7. The molecular formula is C24H28FN3O2. The fourth-order valence-corrected chi connectivity index (χ4v) is 4.21. The molecule has 0 aliphatic carbocycles. The molecule has 6 heteroatoms. The molecule has 1 N–H and O–H groups in total. The zero-order valence-corrected chi connectivity index (χ0v) is 17.4. The van der Waals surface area contributed by atoms with Gasteiger partial charge in [0.05, 0.1) is 18.7 Å². The number of aromatic nitrogens is 1. The lowest BCUT2D eigenvalue weighted by Crippen LogP contribution is -2.47. The molecule has 3 aromatic rings. The molecule has 0 bridgehead atoms. The van der Waals surface area contributed by atoms with Gasteiger partial charge < -0.3 is 9.67 Å². The summed E-state index contributed by atoms with van der Waals surface area (Å²) in [5.41, 5.74) is 3.52. The van der Waals surface area contributed by atoms with Crippen molar-refractivity contribution >= 4 is 10.9 Å². The molecule has 0 radical (unpaired) electrons. The van der Waals surface area contributed by atoms with Crippen molar-refractivity contribution in [2.45, 2.75) is 20.0 Å². The standard InChI is InChI=1S/C24H28FN3O2/c1-18-5-6-23-20(13-18)15-21(17-27-9-7-26(8-10-27)11-12-29)24(30)28(23)16-19-3-2-4-22(25)14-19/h2-6,13-15,29H,7-12,16-17H2,1H3. The van der Waals surface area contributed by atoms with Crippen LogP contribution in [0.25, 0.3) is 10.9 Å². The molecule has 4 rings (SSSR count). The molecule has 30 heavy (non-hydrogen) atoms. The first kappa shape index (κ1) is 20.7. The second kappa shape index (κ2) is 9.08. The molecule has 1 saturated heterocycles. The number of rotatable bonds is 6. The van der Waals surface area contributed by atoms with Crippen LogP contribution in [0.5, 0.6) is 0 Å². The summed E-state index contributed by atoms with van der Waals surface area (Å²) in [4.78, 5) is 17.9. The SMILES string of the molecule is Cc1ccc2c(c1)cc(CN1CCN(CCO)CC1)c(=O)n2Cc1cccc(F)c1. The Morgan fingerprint density at radius 2 is 1.73 bits per heavy atom. The number of benzene rings is 2. The molecule has 1 aliphatic rings. The molecule has 0 atom stereocenters. The molecule has 5 nitrogen and oxygen atoms in total. The third-order valence-electron chi connectivity index (χ3n) is 5.83. The average molecular weight is 410 g/mol. The quantitative estimate of drug-likeness (QED) is 0.680. The summed E-state index contributed by atoms with van der Waals surface area (Å²) >= 11 is 0. The van der Waals surface area contributed by atoms with Gasteiger partial charge in [0.25, 0.3) is 5.56 Å². The van der Waals surface area contributed by atoms with Crippen molar-refractivity contribution in [2.75, 3.05) is 39.3 Å². The topological polar surface area (TPSA) is 48.7 Å². The van der Waals surface area contributed by atoms with Gasteiger partial charge in [0.2, 0.25) is 0 Å². The maximum absolute atomic E-state index is 13.7. The highest BCUT2D eigenvalue weighted by Gasteiger charge is 2.19. The van der Waals surface area contributed by atoms with E-state index in [1.54, 1.807) is 10.6 Å². The van der Waals surface area contributed by atoms with Gasteiger partial charge in [-0.1, -0.05) is 23.8 Å². The minimum atomic E-state index is -0.294. The minimum absolute atomic E-state index is 0.0200. The van der Waals surface area contributed by atoms with Crippen molar-refractivity contribution in [1.29, 1.82) is 0 Å². The van der Waals surface area contributed by atoms with E-state index in [1.165, 1.54) is 12.1 Å². The molecule has 2 aromatic carbocycles. The smallest absolute Gasteiger partial charge is 0.255 e. The number of nitrogens with zero attached hydrogens (tertiary/aromatic N) is 3. The first-order valence-corrected chi connectivity index (χ1v) is 10.5. The number of aliphatic hydroxyl groups is 1. The van der Waals surface area contributed by atoms with Gasteiger partial charge in [0.15, 0.2) is 0 Å². The van der Waals surface area contributed by atoms with E-state index in [-0.39, 0.29) is 18.0 Å². The number of β-amino-alcohol motifs (C(OH)–C–C–N with tert-alkyl or cyclic N) is 1. The van der Waals surface area contributed by atoms with Gasteiger partial charge in [-0.05, 0) is 48.2 Å². The van der Waals surface area contributed by atoms with E-state index in [4.69, 9.17) is 5.11 Å². The summed E-state index contributed by atoms with van der Waals surface area (Å²) in [6.45, 7) is 7.38. The Balaban J connectivity index is 1.66. The number of hydrogen-bond donors (Lipinski definition) is 1. The van der Waals surface area contributed by atoms with Crippen LogP contribution in [-0.4, -0.2) is 58.8 Å². The monoisotopic (exact) mass is 409 g/mol. The van der Waals surface area contributed by atoms with Crippen molar-refractivity contribution in [1.82, 2.24) is 14.4 Å². The Labute approximate surface area is 176 Å². The Morgan fingerprint density at radius 1 is 0.967 bits per heavy atom. The van der Waals surface area contributed by atoms with Crippen LogP contribution in [0.15, 0.2) is 53.3 Å². The summed E-state index contributed by atoms with van der Waals surface area (Å²) in [6.07, 6.45) is 0. The maximum atomic E-state index is 13.7. The lowest BCUT2D eigenvalue weighted by molar-refractivity contribution is 0.108. The van der Waals surface area contributed by atoms with Crippen LogP contribution in [-0.2, 0) is 13.1 Å². The number of piperazine rings is 1. The molecule has 158 valence electrons. The maximum Gasteiger partial charge on any atom is 0.255 e. The van der Waals surface area contributed by atoms with E-state index >= 15 is 0 Å². The van der Waals surface area contributed by atoms with E-state index in [0.29, 0.717) is 19.6 Å². The number of hydrogen-bond acceptors (Lipinski definition) is 4. The third kappa shape index (κ3) is 4.61. The number of aryl methyl sites for hydroxylation is 1. The predicted molar refractivity (Wildman–Crippen MR) is 117 cm³/mol. The highest BCUT2D eigenvalue weighted by Crippen LogP contribution is 2.19. The first-order chi connectivity index (χ1) is 14.5. The van der Waals surface area contributed by atoms with E-state index in [0.717, 1.165) is 53.8 Å². The van der Waals surface area contributed by atoms with E-state index in [1.807, 2.05) is 31.2 Å². The number of fused-ring (bicyclic) bond motifs is 1. The van der Waals surface area contributed by atoms with E-state index in [2.05, 4.69) is 15.9 Å². The highest BCUT2D eigenvalue weighted by molar-refractivity contribution is 5.80. The van der Waals surface area contributed by atoms with Crippen molar-refractivity contribution in [3.05, 3.63) is 81.4 Å². The third-order valence-corrected chi connectivity index (χ3v) is 5.83. The van der Waals surface area contributed by atoms with Crippen LogP contribution < -0.4 is 5.56 Å². The molecule has 1 aliphatic heterocycles. The Kier molecular flexibility index (Phi) is 6.27. The molecule has 0 saturated carbocycles. The van der Waals surface area contributed by atoms with Crippen LogP contribution in [0, 0.1) is 12.7 Å². The molecule has 0 amide bonds. The second-order valence-electron chi connectivity index (χ2n) is 8.09. The molecule has 1 fully saturated rings. The predicted octanol–water partition coefficient (Wildman–Crippen LogP) is 2.61. The first-order valence-electron chi connectivity index (χ1n) is 10.5. The lowest BCUT2D eigenvalue weighted by atomic mass is 10.1. The van der Waals surface area contributed by atoms with Gasteiger partial charge in [-0.2, -0.15) is 0 Å². The Bertz CT molecular complexity index is 1090. The summed E-state index contributed by atoms with van der Waals surface area (Å²) < 4.78 is 15.5. The van der Waals surface area contributed by atoms with Crippen molar-refractivity contribution in [3.8, 4) is 0 Å². The second-order valence-corrected chi connectivity index (χ2v) is 8.09. The Morgan fingerprint density at radius 3 is 2.47 bits per heavy atom. The van der Waals surface area contributed by atoms with Gasteiger partial charge in [-0.3, -0.25) is 14.6 Å². The van der Waals surface area contributed by atoms with E-state index < -0.39 is 0 Å². The van der Waals surface area contributed by atoms with Gasteiger partial charge in [-0.15, -0.1) is 0 Å². The fraction of sp³-hybridized carbons (Fsp3) is 0.375. The van der Waals surface area contributed by atoms with Crippen LogP contribution in [0.3, 0.4) is 0 Å². The number of aliphatic hydroxyl groups excluding tert-OH is 1. The van der Waals surface area contributed by atoms with Gasteiger partial charge in [-0.25, -0.2) is 4.39 Å². The van der Waals surface area contributed by atoms with Crippen molar-refractivity contribution < 1.29 is 9.50 Å². The minimum Gasteiger partial charge on any atom is -0.395 e. The van der Waals surface area contributed by atoms with E-state index in [9.17, 15) is 9.18 Å². The lowest BCUT2D eigenvalue weighted by Gasteiger charge is -2.34. The number of halogens is 1. The van der Waals surface area contributed by atoms with Crippen LogP contribution >= 0.6 is 0 Å². The highest BCUT2D eigenvalue weighted by atomic mass is 19.1. The largest absolute Gasteiger partial charge is 0.395 e. The van der Waals surface area contributed by atoms with Gasteiger partial charge in [0, 0.05) is 44.8 Å². The number of pyridine rings is 1. The summed E-state index contributed by atoms with van der Waals surface area (Å²) in [6, 6.07) is 14.5. The van der Waals surface area contributed by atoms with Crippen LogP contribution in [0.1, 0.15) is 16.7 Å². The average Bonchev–Trinajstić information content (AvgIpc) is 2.72. The molecule has 0 unspecified atom stereocenters. The molecule has 1 aromatic heterocycles. The summed E-state index contributed by atoms with van der Waals surface area (Å²) in [5, 5.41) is 10.2. The van der Waals surface area contributed by atoms with Crippen molar-refractivity contribution in [3.63, 3.8) is 0 Å². The zero-order chi connectivity index (χ0) is 21.1. The van der Waals surface area contributed by atoms with Crippen LogP contribution in [0.4, 0.5) is 4.39 Å². The zero-order valence-electron chi connectivity index (χ0n) is 17.4. The molecular weight excluding hydrogens is 381 g/mol. The van der Waals surface area contributed by atoms with Gasteiger partial charge in [0.1, 0.15) is 5.82 Å². The molecule has 0 spiro atoms. The van der Waals surface area contributed by atoms with Crippen LogP contribution in [0.2, 0.25) is 0 Å².